The summed E-state index contributed by atoms with van der Waals surface area (Å²) >= 11 is 6.38. The van der Waals surface area contributed by atoms with Gasteiger partial charge in [0.2, 0.25) is 0 Å². The molecule has 1 aromatic carbocycles. The molecule has 148 valence electrons. The highest BCUT2D eigenvalue weighted by atomic mass is 35.5. The Balaban J connectivity index is 1.84. The normalized spacial score (nSPS) is 11.2. The van der Waals surface area contributed by atoms with Crippen LogP contribution >= 0.6 is 11.6 Å². The highest BCUT2D eigenvalue weighted by Gasteiger charge is 2.22. The molecule has 29 heavy (non-hydrogen) atoms. The van der Waals surface area contributed by atoms with Crippen LogP contribution in [-0.4, -0.2) is 16.0 Å². The van der Waals surface area contributed by atoms with Crippen molar-refractivity contribution in [3.8, 4) is 11.5 Å². The molecule has 3 heterocycles. The third-order valence-corrected chi connectivity index (χ3v) is 5.30. The lowest BCUT2D eigenvalue weighted by Crippen LogP contribution is -2.16. The zero-order valence-corrected chi connectivity index (χ0v) is 17.1. The van der Waals surface area contributed by atoms with Gasteiger partial charge in [0.15, 0.2) is 5.76 Å². The van der Waals surface area contributed by atoms with Gasteiger partial charge >= 0.3 is 0 Å². The molecular formula is C22H20ClN3O3. The maximum Gasteiger partial charge on any atom is 0.259 e. The molecule has 0 radical (unpaired) electrons. The van der Waals surface area contributed by atoms with E-state index in [1.165, 1.54) is 0 Å². The minimum atomic E-state index is -0.275. The second kappa shape index (κ2) is 7.72. The lowest BCUT2D eigenvalue weighted by molar-refractivity contribution is 0.102. The Bertz CT molecular complexity index is 1200. The highest BCUT2D eigenvalue weighted by molar-refractivity contribution is 6.32. The zero-order chi connectivity index (χ0) is 20.5. The second-order valence-corrected chi connectivity index (χ2v) is 7.11. The van der Waals surface area contributed by atoms with Gasteiger partial charge in [-0.15, -0.1) is 0 Å². The van der Waals surface area contributed by atoms with Crippen LogP contribution in [0.3, 0.4) is 0 Å². The first-order chi connectivity index (χ1) is 14.0. The van der Waals surface area contributed by atoms with Crippen molar-refractivity contribution in [1.29, 1.82) is 0 Å². The van der Waals surface area contributed by atoms with Crippen molar-refractivity contribution >= 4 is 34.3 Å². The summed E-state index contributed by atoms with van der Waals surface area (Å²) in [7, 11) is 0. The average Bonchev–Trinajstić information content (AvgIpc) is 3.38. The predicted octanol–water partition coefficient (Wildman–Crippen LogP) is 5.82. The number of aromatic nitrogens is 2. The van der Waals surface area contributed by atoms with Crippen molar-refractivity contribution in [1.82, 2.24) is 10.1 Å². The summed E-state index contributed by atoms with van der Waals surface area (Å²) in [6.45, 7) is 5.84. The third-order valence-electron chi connectivity index (χ3n) is 4.95. The van der Waals surface area contributed by atoms with Gasteiger partial charge in [-0.3, -0.25) is 4.79 Å². The van der Waals surface area contributed by atoms with Gasteiger partial charge in [-0.1, -0.05) is 36.7 Å². The number of fused-ring (bicyclic) bond motifs is 1. The standard InChI is InChI=1S/C22H20ClN3O3/c1-4-13-8-9-16(23)14(5-2)20(13)25-21(27)15-11-17(18-7-6-10-28-18)24-22-19(15)12(3)26-29-22/h6-11H,4-5H2,1-3H3,(H,25,27). The first-order valence-electron chi connectivity index (χ1n) is 9.46. The molecule has 4 rings (SSSR count). The van der Waals surface area contributed by atoms with E-state index < -0.39 is 0 Å². The maximum atomic E-state index is 13.4. The average molecular weight is 410 g/mol. The molecule has 3 aromatic heterocycles. The summed E-state index contributed by atoms with van der Waals surface area (Å²) < 4.78 is 10.8. The molecule has 0 aliphatic rings. The fourth-order valence-electron chi connectivity index (χ4n) is 3.47. The lowest BCUT2D eigenvalue weighted by Gasteiger charge is -2.16. The monoisotopic (exact) mass is 409 g/mol. The van der Waals surface area contributed by atoms with E-state index in [0.29, 0.717) is 45.3 Å². The van der Waals surface area contributed by atoms with Gasteiger partial charge in [-0.2, -0.15) is 0 Å². The Hall–Kier alpha value is -3.12. The molecule has 0 atom stereocenters. The van der Waals surface area contributed by atoms with Crippen LogP contribution in [0.5, 0.6) is 0 Å². The number of carbonyl (C=O) groups is 1. The van der Waals surface area contributed by atoms with Crippen LogP contribution in [0.4, 0.5) is 5.69 Å². The molecule has 0 aliphatic heterocycles. The van der Waals surface area contributed by atoms with Gasteiger partial charge in [-0.25, -0.2) is 4.98 Å². The van der Waals surface area contributed by atoms with E-state index in [9.17, 15) is 4.79 Å². The number of hydrogen-bond donors (Lipinski definition) is 1. The molecule has 6 nitrogen and oxygen atoms in total. The van der Waals surface area contributed by atoms with Crippen molar-refractivity contribution in [3.63, 3.8) is 0 Å². The smallest absolute Gasteiger partial charge is 0.259 e. The Kier molecular flexibility index (Phi) is 5.11. The molecule has 1 amide bonds. The van der Waals surface area contributed by atoms with Crippen molar-refractivity contribution in [3.05, 3.63) is 64.0 Å². The van der Waals surface area contributed by atoms with Crippen LogP contribution in [0.2, 0.25) is 5.02 Å². The summed E-state index contributed by atoms with van der Waals surface area (Å²) in [5, 5.41) is 8.27. The van der Waals surface area contributed by atoms with Gasteiger partial charge in [0.25, 0.3) is 11.6 Å². The number of halogens is 1. The number of hydrogen-bond acceptors (Lipinski definition) is 5. The summed E-state index contributed by atoms with van der Waals surface area (Å²) in [4.78, 5) is 17.8. The van der Waals surface area contributed by atoms with Crippen LogP contribution in [0, 0.1) is 6.92 Å². The number of furan rings is 1. The van der Waals surface area contributed by atoms with Crippen molar-refractivity contribution in [2.75, 3.05) is 5.32 Å². The number of carbonyl (C=O) groups excluding carboxylic acids is 1. The molecule has 1 N–H and O–H groups in total. The summed E-state index contributed by atoms with van der Waals surface area (Å²) in [6, 6.07) is 9.05. The van der Waals surface area contributed by atoms with Crippen LogP contribution in [0.1, 0.15) is 41.0 Å². The predicted molar refractivity (Wildman–Crippen MR) is 112 cm³/mol. The number of aryl methyl sites for hydroxylation is 2. The number of benzene rings is 1. The fourth-order valence-corrected chi connectivity index (χ4v) is 3.76. The van der Waals surface area contributed by atoms with Gasteiger partial charge < -0.3 is 14.3 Å². The van der Waals surface area contributed by atoms with Crippen molar-refractivity contribution in [2.24, 2.45) is 0 Å². The van der Waals surface area contributed by atoms with Gasteiger partial charge in [0, 0.05) is 10.7 Å². The van der Waals surface area contributed by atoms with Crippen LogP contribution in [-0.2, 0) is 12.8 Å². The second-order valence-electron chi connectivity index (χ2n) is 6.70. The van der Waals surface area contributed by atoms with E-state index in [1.54, 1.807) is 31.4 Å². The van der Waals surface area contributed by atoms with E-state index in [4.69, 9.17) is 20.5 Å². The van der Waals surface area contributed by atoms with Gasteiger partial charge in [0.1, 0.15) is 5.69 Å². The van der Waals surface area contributed by atoms with Crippen LogP contribution in [0.25, 0.3) is 22.6 Å². The Morgan fingerprint density at radius 3 is 2.72 bits per heavy atom. The lowest BCUT2D eigenvalue weighted by atomic mass is 10.0. The Morgan fingerprint density at radius 1 is 1.21 bits per heavy atom. The molecule has 0 fully saturated rings. The number of amides is 1. The molecule has 0 aliphatic carbocycles. The third kappa shape index (κ3) is 3.40. The molecular weight excluding hydrogens is 390 g/mol. The van der Waals surface area contributed by atoms with E-state index in [-0.39, 0.29) is 5.91 Å². The van der Waals surface area contributed by atoms with Crippen molar-refractivity contribution in [2.45, 2.75) is 33.6 Å². The molecule has 0 unspecified atom stereocenters. The maximum absolute atomic E-state index is 13.4. The molecule has 7 heteroatoms. The molecule has 0 spiro atoms. The zero-order valence-electron chi connectivity index (χ0n) is 16.4. The summed E-state index contributed by atoms with van der Waals surface area (Å²) in [5.74, 6) is 0.268. The largest absolute Gasteiger partial charge is 0.463 e. The highest BCUT2D eigenvalue weighted by Crippen LogP contribution is 2.32. The number of anilines is 1. The minimum Gasteiger partial charge on any atom is -0.463 e. The van der Waals surface area contributed by atoms with Crippen LogP contribution in [0.15, 0.2) is 45.5 Å². The number of nitrogens with one attached hydrogen (secondary N) is 1. The van der Waals surface area contributed by atoms with E-state index in [1.807, 2.05) is 26.0 Å². The number of nitrogens with zero attached hydrogens (tertiary/aromatic N) is 2. The molecule has 0 bridgehead atoms. The first-order valence-corrected chi connectivity index (χ1v) is 9.83. The topological polar surface area (TPSA) is 81.2 Å². The summed E-state index contributed by atoms with van der Waals surface area (Å²) in [5.41, 5.74) is 4.51. The number of rotatable bonds is 5. The van der Waals surface area contributed by atoms with Gasteiger partial charge in [-0.05, 0) is 55.2 Å². The van der Waals surface area contributed by atoms with Crippen molar-refractivity contribution < 1.29 is 13.7 Å². The summed E-state index contributed by atoms with van der Waals surface area (Å²) in [6.07, 6.45) is 3.03. The molecule has 0 saturated heterocycles. The van der Waals surface area contributed by atoms with E-state index >= 15 is 0 Å². The Morgan fingerprint density at radius 2 is 2.03 bits per heavy atom. The fraction of sp³-hybridized carbons (Fsp3) is 0.227. The van der Waals surface area contributed by atoms with E-state index in [0.717, 1.165) is 23.2 Å². The number of pyridine rings is 1. The Labute approximate surface area is 172 Å². The van der Waals surface area contributed by atoms with Crippen LogP contribution < -0.4 is 5.32 Å². The van der Waals surface area contributed by atoms with Gasteiger partial charge in [0.05, 0.1) is 22.9 Å². The minimum absolute atomic E-state index is 0.275. The first kappa shape index (κ1) is 19.2. The molecule has 0 saturated carbocycles. The quantitative estimate of drug-likeness (QED) is 0.449. The van der Waals surface area contributed by atoms with E-state index in [2.05, 4.69) is 15.5 Å². The SMILES string of the molecule is CCc1ccc(Cl)c(CC)c1NC(=O)c1cc(-c2ccco2)nc2onc(C)c12. The molecule has 4 aromatic rings.